The fourth-order valence-corrected chi connectivity index (χ4v) is 3.39. The molecule has 1 aliphatic rings. The fourth-order valence-electron chi connectivity index (χ4n) is 2.20. The molecule has 0 nitrogen and oxygen atoms in total. The van der Waals surface area contributed by atoms with Crippen molar-refractivity contribution in [1.29, 1.82) is 0 Å². The van der Waals surface area contributed by atoms with Gasteiger partial charge in [0.15, 0.2) is 0 Å². The molecule has 0 bridgehead atoms. The summed E-state index contributed by atoms with van der Waals surface area (Å²) < 4.78 is 0. The van der Waals surface area contributed by atoms with Crippen molar-refractivity contribution < 1.29 is 0 Å². The minimum Gasteiger partial charge on any atom is -0.145 e. The lowest BCUT2D eigenvalue weighted by atomic mass is 9.76. The van der Waals surface area contributed by atoms with Gasteiger partial charge in [-0.25, -0.2) is 0 Å². The Morgan fingerprint density at radius 3 is 2.62 bits per heavy atom. The smallest absolute Gasteiger partial charge is 0.00832 e. The van der Waals surface area contributed by atoms with Gasteiger partial charge in [0.1, 0.15) is 0 Å². The van der Waals surface area contributed by atoms with Crippen LogP contribution in [-0.2, 0) is 12.8 Å². The molecule has 72 valence electrons. The van der Waals surface area contributed by atoms with E-state index in [9.17, 15) is 0 Å². The minimum absolute atomic E-state index is 0.533. The zero-order chi connectivity index (χ0) is 9.64. The van der Waals surface area contributed by atoms with Crippen LogP contribution in [0.4, 0.5) is 0 Å². The van der Waals surface area contributed by atoms with Crippen molar-refractivity contribution in [3.05, 3.63) is 20.9 Å². The molecule has 1 heterocycles. The predicted octanol–water partition coefficient (Wildman–Crippen LogP) is 3.88. The number of hydrogen-bond acceptors (Lipinski definition) is 1. The molecule has 2 rings (SSSR count). The lowest BCUT2D eigenvalue weighted by molar-refractivity contribution is 0.317. The second kappa shape index (κ2) is 2.84. The largest absolute Gasteiger partial charge is 0.145 e. The van der Waals surface area contributed by atoms with E-state index >= 15 is 0 Å². The monoisotopic (exact) mass is 194 g/mol. The summed E-state index contributed by atoms with van der Waals surface area (Å²) in [6.45, 7) is 9.32. The van der Waals surface area contributed by atoms with Gasteiger partial charge in [-0.2, -0.15) is 0 Å². The van der Waals surface area contributed by atoms with Gasteiger partial charge >= 0.3 is 0 Å². The molecule has 0 unspecified atom stereocenters. The first-order chi connectivity index (χ1) is 5.99. The van der Waals surface area contributed by atoms with Crippen molar-refractivity contribution in [2.75, 3.05) is 0 Å². The van der Waals surface area contributed by atoms with Crippen LogP contribution in [0, 0.1) is 19.3 Å². The quantitative estimate of drug-likeness (QED) is 0.588. The maximum atomic E-state index is 2.39. The van der Waals surface area contributed by atoms with Gasteiger partial charge in [0.25, 0.3) is 0 Å². The highest BCUT2D eigenvalue weighted by molar-refractivity contribution is 7.12. The average Bonchev–Trinajstić information content (AvgIpc) is 2.29. The van der Waals surface area contributed by atoms with E-state index in [0.717, 1.165) is 0 Å². The Kier molecular flexibility index (Phi) is 2.03. The molecule has 0 aliphatic heterocycles. The molecule has 0 amide bonds. The van der Waals surface area contributed by atoms with E-state index in [1.165, 1.54) is 24.1 Å². The van der Waals surface area contributed by atoms with E-state index in [-0.39, 0.29) is 0 Å². The molecule has 0 radical (unpaired) electrons. The molecule has 0 saturated carbocycles. The number of thiophene rings is 1. The Morgan fingerprint density at radius 2 is 1.92 bits per heavy atom. The summed E-state index contributed by atoms with van der Waals surface area (Å²) in [5.41, 5.74) is 3.76. The summed E-state index contributed by atoms with van der Waals surface area (Å²) in [4.78, 5) is 3.19. The van der Waals surface area contributed by atoms with Gasteiger partial charge in [-0.3, -0.25) is 0 Å². The normalized spacial score (nSPS) is 20.0. The molecule has 0 aromatic carbocycles. The average molecular weight is 194 g/mol. The van der Waals surface area contributed by atoms with E-state index in [1.807, 2.05) is 11.3 Å². The molecular formula is C12H18S. The molecule has 13 heavy (non-hydrogen) atoms. The molecule has 1 aromatic heterocycles. The third-order valence-corrected chi connectivity index (χ3v) is 4.59. The number of fused-ring (bicyclic) bond motifs is 1. The molecule has 0 saturated heterocycles. The number of rotatable bonds is 0. The first kappa shape index (κ1) is 9.26. The fraction of sp³-hybridized carbons (Fsp3) is 0.667. The van der Waals surface area contributed by atoms with Gasteiger partial charge in [-0.15, -0.1) is 11.3 Å². The molecule has 1 aromatic rings. The van der Waals surface area contributed by atoms with E-state index in [2.05, 4.69) is 27.7 Å². The van der Waals surface area contributed by atoms with Crippen LogP contribution in [0.3, 0.4) is 0 Å². The Morgan fingerprint density at radius 1 is 1.23 bits per heavy atom. The third kappa shape index (κ3) is 1.54. The molecule has 0 N–H and O–H groups in total. The van der Waals surface area contributed by atoms with Crippen LogP contribution in [0.5, 0.6) is 0 Å². The molecule has 0 fully saturated rings. The van der Waals surface area contributed by atoms with Crippen molar-refractivity contribution >= 4 is 11.3 Å². The molecule has 0 spiro atoms. The second-order valence-electron chi connectivity index (χ2n) is 5.03. The highest BCUT2D eigenvalue weighted by Crippen LogP contribution is 2.40. The predicted molar refractivity (Wildman–Crippen MR) is 59.6 cm³/mol. The summed E-state index contributed by atoms with van der Waals surface area (Å²) in [5.74, 6) is 0. The van der Waals surface area contributed by atoms with Crippen molar-refractivity contribution in [3.63, 3.8) is 0 Å². The molecule has 1 heteroatoms. The Bertz CT molecular complexity index is 331. The van der Waals surface area contributed by atoms with Crippen LogP contribution < -0.4 is 0 Å². The standard InChI is InChI=1S/C12H18S/c1-8-9(2)13-11-5-6-12(3,4)7-10(8)11/h5-7H2,1-4H3. The van der Waals surface area contributed by atoms with Crippen LogP contribution in [0.1, 0.15) is 41.1 Å². The van der Waals surface area contributed by atoms with Gasteiger partial charge in [0.2, 0.25) is 0 Å². The minimum atomic E-state index is 0.533. The lowest BCUT2D eigenvalue weighted by Gasteiger charge is -2.29. The van der Waals surface area contributed by atoms with Crippen LogP contribution >= 0.6 is 11.3 Å². The summed E-state index contributed by atoms with van der Waals surface area (Å²) >= 11 is 2.02. The Labute approximate surface area is 85.0 Å². The summed E-state index contributed by atoms with van der Waals surface area (Å²) in [7, 11) is 0. The highest BCUT2D eigenvalue weighted by Gasteiger charge is 2.27. The van der Waals surface area contributed by atoms with E-state index in [4.69, 9.17) is 0 Å². The highest BCUT2D eigenvalue weighted by atomic mass is 32.1. The van der Waals surface area contributed by atoms with Crippen molar-refractivity contribution in [2.45, 2.75) is 47.0 Å². The lowest BCUT2D eigenvalue weighted by Crippen LogP contribution is -2.21. The van der Waals surface area contributed by atoms with Gasteiger partial charge < -0.3 is 0 Å². The van der Waals surface area contributed by atoms with Crippen LogP contribution in [0.15, 0.2) is 0 Å². The Hall–Kier alpha value is -0.300. The van der Waals surface area contributed by atoms with E-state index < -0.39 is 0 Å². The van der Waals surface area contributed by atoms with Gasteiger partial charge in [-0.1, -0.05) is 13.8 Å². The topological polar surface area (TPSA) is 0 Å². The van der Waals surface area contributed by atoms with Crippen LogP contribution in [-0.4, -0.2) is 0 Å². The summed E-state index contributed by atoms with van der Waals surface area (Å²) in [6.07, 6.45) is 3.96. The van der Waals surface area contributed by atoms with Gasteiger partial charge in [0.05, 0.1) is 0 Å². The summed E-state index contributed by atoms with van der Waals surface area (Å²) in [6, 6.07) is 0. The first-order valence-corrected chi connectivity index (χ1v) is 5.89. The maximum absolute atomic E-state index is 2.39. The first-order valence-electron chi connectivity index (χ1n) is 5.07. The second-order valence-corrected chi connectivity index (χ2v) is 6.34. The third-order valence-electron chi connectivity index (χ3n) is 3.28. The zero-order valence-corrected chi connectivity index (χ0v) is 9.85. The maximum Gasteiger partial charge on any atom is 0.00832 e. The van der Waals surface area contributed by atoms with Crippen molar-refractivity contribution in [1.82, 2.24) is 0 Å². The molecular weight excluding hydrogens is 176 g/mol. The van der Waals surface area contributed by atoms with Gasteiger partial charge in [0, 0.05) is 9.75 Å². The Balaban J connectivity index is 2.44. The zero-order valence-electron chi connectivity index (χ0n) is 9.03. The number of aryl methyl sites for hydroxylation is 2. The van der Waals surface area contributed by atoms with Crippen LogP contribution in [0.2, 0.25) is 0 Å². The summed E-state index contributed by atoms with van der Waals surface area (Å²) in [5, 5.41) is 0. The van der Waals surface area contributed by atoms with Gasteiger partial charge in [-0.05, 0) is 49.7 Å². The van der Waals surface area contributed by atoms with Crippen LogP contribution in [0.25, 0.3) is 0 Å². The van der Waals surface area contributed by atoms with Crippen molar-refractivity contribution in [2.24, 2.45) is 5.41 Å². The molecule has 0 atom stereocenters. The molecule has 1 aliphatic carbocycles. The van der Waals surface area contributed by atoms with E-state index in [1.54, 1.807) is 16.0 Å². The number of hydrogen-bond donors (Lipinski definition) is 0. The van der Waals surface area contributed by atoms with Crippen molar-refractivity contribution in [3.8, 4) is 0 Å². The van der Waals surface area contributed by atoms with E-state index in [0.29, 0.717) is 5.41 Å². The SMILES string of the molecule is Cc1sc2c(c1C)CC(C)(C)CC2.